The molecule has 2 heteroatoms. The summed E-state index contributed by atoms with van der Waals surface area (Å²) in [6.45, 7) is 20.9. The summed E-state index contributed by atoms with van der Waals surface area (Å²) in [7, 11) is 0. The van der Waals surface area contributed by atoms with Crippen molar-refractivity contribution in [1.29, 1.82) is 0 Å². The molecule has 0 radical (unpaired) electrons. The number of carbonyl (C=O) groups excluding carboxylic acids is 1. The van der Waals surface area contributed by atoms with Gasteiger partial charge >= 0.3 is 5.97 Å². The molecule has 0 aliphatic carbocycles. The topological polar surface area (TPSA) is 26.3 Å². The van der Waals surface area contributed by atoms with Gasteiger partial charge in [0.15, 0.2) is 0 Å². The van der Waals surface area contributed by atoms with Crippen LogP contribution in [0.2, 0.25) is 0 Å². The molecule has 0 saturated carbocycles. The summed E-state index contributed by atoms with van der Waals surface area (Å²) in [5, 5.41) is 0. The Morgan fingerprint density at radius 3 is 1.65 bits per heavy atom. The van der Waals surface area contributed by atoms with Crippen molar-refractivity contribution in [2.75, 3.05) is 0 Å². The van der Waals surface area contributed by atoms with E-state index < -0.39 is 0 Å². The van der Waals surface area contributed by atoms with Crippen LogP contribution in [0, 0.1) is 17.3 Å². The summed E-state index contributed by atoms with van der Waals surface area (Å²) in [5.41, 5.74) is -0.386. The Morgan fingerprint density at radius 1 is 1.00 bits per heavy atom. The number of carbonyl (C=O) groups is 1. The van der Waals surface area contributed by atoms with Gasteiger partial charge in [0.2, 0.25) is 0 Å². The standard InChI is InChI=1S/C15H30O2.C3H8/c1-9-15(7,8)17-13(16)12(10-11(2)3)14(4,5)6;1-3-2/h11-12H,9-10H2,1-8H3;3H2,1-2H3. The van der Waals surface area contributed by atoms with Gasteiger partial charge in [0, 0.05) is 0 Å². The van der Waals surface area contributed by atoms with Crippen LogP contribution in [-0.4, -0.2) is 11.6 Å². The van der Waals surface area contributed by atoms with Gasteiger partial charge in [-0.25, -0.2) is 0 Å². The molecular formula is C18H38O2. The van der Waals surface area contributed by atoms with E-state index in [0.29, 0.717) is 5.92 Å². The van der Waals surface area contributed by atoms with Crippen LogP contribution in [0.25, 0.3) is 0 Å². The van der Waals surface area contributed by atoms with E-state index in [9.17, 15) is 4.79 Å². The summed E-state index contributed by atoms with van der Waals surface area (Å²) in [4.78, 5) is 12.3. The molecule has 0 aliphatic rings. The van der Waals surface area contributed by atoms with Crippen LogP contribution in [0.1, 0.15) is 88.5 Å². The van der Waals surface area contributed by atoms with Gasteiger partial charge in [-0.1, -0.05) is 61.8 Å². The first-order chi connectivity index (χ1) is 8.91. The zero-order chi connectivity index (χ0) is 16.6. The van der Waals surface area contributed by atoms with Crippen molar-refractivity contribution >= 4 is 5.97 Å². The molecule has 0 saturated heterocycles. The van der Waals surface area contributed by atoms with E-state index in [1.54, 1.807) is 0 Å². The van der Waals surface area contributed by atoms with Gasteiger partial charge < -0.3 is 4.74 Å². The van der Waals surface area contributed by atoms with Crippen molar-refractivity contribution in [3.05, 3.63) is 0 Å². The van der Waals surface area contributed by atoms with E-state index in [1.807, 2.05) is 20.8 Å². The minimum Gasteiger partial charge on any atom is -0.459 e. The predicted octanol–water partition coefficient (Wildman–Crippen LogP) is 5.84. The second-order valence-electron chi connectivity index (χ2n) is 7.79. The lowest BCUT2D eigenvalue weighted by Crippen LogP contribution is -2.37. The van der Waals surface area contributed by atoms with Crippen molar-refractivity contribution in [3.63, 3.8) is 0 Å². The molecule has 0 aromatic heterocycles. The van der Waals surface area contributed by atoms with Gasteiger partial charge in [0.25, 0.3) is 0 Å². The molecule has 0 aromatic rings. The van der Waals surface area contributed by atoms with Crippen LogP contribution in [0.4, 0.5) is 0 Å². The molecule has 0 aliphatic heterocycles. The van der Waals surface area contributed by atoms with Crippen LogP contribution in [0.15, 0.2) is 0 Å². The summed E-state index contributed by atoms with van der Waals surface area (Å²) in [5.74, 6) is 0.447. The third-order valence-electron chi connectivity index (χ3n) is 3.27. The zero-order valence-electron chi connectivity index (χ0n) is 15.6. The Bertz CT molecular complexity index is 259. The van der Waals surface area contributed by atoms with Crippen molar-refractivity contribution in [2.24, 2.45) is 17.3 Å². The second kappa shape index (κ2) is 9.41. The van der Waals surface area contributed by atoms with Gasteiger partial charge in [-0.15, -0.1) is 0 Å². The first-order valence-electron chi connectivity index (χ1n) is 8.14. The number of hydrogen-bond acceptors (Lipinski definition) is 2. The SMILES string of the molecule is CCC.CCC(C)(C)OC(=O)C(CC(C)C)C(C)(C)C. The first-order valence-corrected chi connectivity index (χ1v) is 8.14. The third kappa shape index (κ3) is 10.3. The van der Waals surface area contributed by atoms with Gasteiger partial charge in [0.1, 0.15) is 5.60 Å². The van der Waals surface area contributed by atoms with Crippen LogP contribution in [-0.2, 0) is 9.53 Å². The molecule has 1 atom stereocenters. The smallest absolute Gasteiger partial charge is 0.310 e. The summed E-state index contributed by atoms with van der Waals surface area (Å²) in [6.07, 6.45) is 2.99. The third-order valence-corrected chi connectivity index (χ3v) is 3.27. The Balaban J connectivity index is 0. The maximum Gasteiger partial charge on any atom is 0.310 e. The molecule has 2 nitrogen and oxygen atoms in total. The molecular weight excluding hydrogens is 248 g/mol. The monoisotopic (exact) mass is 286 g/mol. The molecule has 20 heavy (non-hydrogen) atoms. The summed E-state index contributed by atoms with van der Waals surface area (Å²) in [6, 6.07) is 0. The minimum absolute atomic E-state index is 0.0201. The first kappa shape index (κ1) is 21.8. The summed E-state index contributed by atoms with van der Waals surface area (Å²) < 4.78 is 5.64. The lowest BCUT2D eigenvalue weighted by Gasteiger charge is -2.33. The van der Waals surface area contributed by atoms with Crippen molar-refractivity contribution in [3.8, 4) is 0 Å². The van der Waals surface area contributed by atoms with E-state index in [4.69, 9.17) is 4.74 Å². The molecule has 0 bridgehead atoms. The average molecular weight is 286 g/mol. The largest absolute Gasteiger partial charge is 0.459 e. The van der Waals surface area contributed by atoms with E-state index in [2.05, 4.69) is 48.5 Å². The van der Waals surface area contributed by atoms with E-state index in [-0.39, 0.29) is 22.9 Å². The quantitative estimate of drug-likeness (QED) is 0.593. The summed E-state index contributed by atoms with van der Waals surface area (Å²) >= 11 is 0. The normalized spacial score (nSPS) is 13.6. The predicted molar refractivity (Wildman–Crippen MR) is 88.8 cm³/mol. The van der Waals surface area contributed by atoms with Gasteiger partial charge in [0.05, 0.1) is 5.92 Å². The fraction of sp³-hybridized carbons (Fsp3) is 0.944. The van der Waals surface area contributed by atoms with Crippen molar-refractivity contribution in [2.45, 2.75) is 94.1 Å². The molecule has 0 spiro atoms. The minimum atomic E-state index is -0.350. The molecule has 122 valence electrons. The van der Waals surface area contributed by atoms with Gasteiger partial charge in [-0.05, 0) is 38.0 Å². The highest BCUT2D eigenvalue weighted by molar-refractivity contribution is 5.73. The Kier molecular flexibility index (Phi) is 10.2. The van der Waals surface area contributed by atoms with Crippen molar-refractivity contribution < 1.29 is 9.53 Å². The highest BCUT2D eigenvalue weighted by Gasteiger charge is 2.35. The van der Waals surface area contributed by atoms with Crippen LogP contribution in [0.5, 0.6) is 0 Å². The molecule has 1 unspecified atom stereocenters. The lowest BCUT2D eigenvalue weighted by atomic mass is 9.76. The number of ether oxygens (including phenoxy) is 1. The van der Waals surface area contributed by atoms with E-state index in [0.717, 1.165) is 12.8 Å². The maximum absolute atomic E-state index is 12.3. The Morgan fingerprint density at radius 2 is 1.40 bits per heavy atom. The highest BCUT2D eigenvalue weighted by Crippen LogP contribution is 2.33. The average Bonchev–Trinajstić information content (AvgIpc) is 2.24. The number of rotatable bonds is 5. The second-order valence-corrected chi connectivity index (χ2v) is 7.79. The Labute approximate surface area is 127 Å². The van der Waals surface area contributed by atoms with Crippen LogP contribution >= 0.6 is 0 Å². The maximum atomic E-state index is 12.3. The highest BCUT2D eigenvalue weighted by atomic mass is 16.6. The van der Waals surface area contributed by atoms with Gasteiger partial charge in [-0.3, -0.25) is 4.79 Å². The molecule has 0 heterocycles. The lowest BCUT2D eigenvalue weighted by molar-refractivity contribution is -0.166. The fourth-order valence-corrected chi connectivity index (χ4v) is 1.69. The zero-order valence-corrected chi connectivity index (χ0v) is 15.6. The Hall–Kier alpha value is -0.530. The van der Waals surface area contributed by atoms with Crippen molar-refractivity contribution in [1.82, 2.24) is 0 Å². The number of esters is 1. The van der Waals surface area contributed by atoms with E-state index >= 15 is 0 Å². The molecule has 0 N–H and O–H groups in total. The van der Waals surface area contributed by atoms with Gasteiger partial charge in [-0.2, -0.15) is 0 Å². The molecule has 0 aromatic carbocycles. The molecule has 0 fully saturated rings. The van der Waals surface area contributed by atoms with Crippen LogP contribution in [0.3, 0.4) is 0 Å². The molecule has 0 rings (SSSR count). The fourth-order valence-electron chi connectivity index (χ4n) is 1.69. The molecule has 0 amide bonds. The number of hydrogen-bond donors (Lipinski definition) is 0. The van der Waals surface area contributed by atoms with E-state index in [1.165, 1.54) is 6.42 Å². The van der Waals surface area contributed by atoms with Crippen LogP contribution < -0.4 is 0 Å².